The van der Waals surface area contributed by atoms with E-state index in [4.69, 9.17) is 26.4 Å². The molecule has 1 fully saturated rings. The van der Waals surface area contributed by atoms with E-state index < -0.39 is 0 Å². The highest BCUT2D eigenvalue weighted by atomic mass is 32.1. The molecule has 3 heterocycles. The summed E-state index contributed by atoms with van der Waals surface area (Å²) in [7, 11) is 0. The largest absolute Gasteiger partial charge is 0.486 e. The number of halogens is 1. The van der Waals surface area contributed by atoms with Gasteiger partial charge in [0.15, 0.2) is 16.6 Å². The van der Waals surface area contributed by atoms with Gasteiger partial charge in [0, 0.05) is 35.9 Å². The molecule has 2 N–H and O–H groups in total. The van der Waals surface area contributed by atoms with E-state index in [1.165, 1.54) is 12.1 Å². The third kappa shape index (κ3) is 4.94. The molecule has 1 atom stereocenters. The lowest BCUT2D eigenvalue weighted by Gasteiger charge is -2.28. The van der Waals surface area contributed by atoms with Gasteiger partial charge in [-0.25, -0.2) is 4.39 Å². The van der Waals surface area contributed by atoms with Crippen LogP contribution in [0.2, 0.25) is 0 Å². The van der Waals surface area contributed by atoms with E-state index in [1.807, 2.05) is 17.0 Å². The fourth-order valence-corrected chi connectivity index (χ4v) is 4.36. The number of aromatic amines is 1. The van der Waals surface area contributed by atoms with E-state index in [-0.39, 0.29) is 17.5 Å². The summed E-state index contributed by atoms with van der Waals surface area (Å²) in [5.41, 5.74) is 1.74. The smallest absolute Gasteiger partial charge is 0.253 e. The highest BCUT2D eigenvalue weighted by Gasteiger charge is 2.23. The van der Waals surface area contributed by atoms with Gasteiger partial charge < -0.3 is 29.4 Å². The van der Waals surface area contributed by atoms with Crippen molar-refractivity contribution in [3.05, 3.63) is 64.2 Å². The zero-order chi connectivity index (χ0) is 22.8. The van der Waals surface area contributed by atoms with E-state index >= 15 is 0 Å². The Morgan fingerprint density at radius 1 is 1.12 bits per heavy atom. The lowest BCUT2D eigenvalue weighted by molar-refractivity contribution is 0.0904. The molecule has 33 heavy (non-hydrogen) atoms. The summed E-state index contributed by atoms with van der Waals surface area (Å²) in [6.45, 7) is 2.55. The average molecular weight is 470 g/mol. The number of H-pyrrole nitrogens is 1. The molecule has 0 radical (unpaired) electrons. The zero-order valence-electron chi connectivity index (χ0n) is 17.9. The van der Waals surface area contributed by atoms with E-state index in [9.17, 15) is 9.18 Å². The molecule has 172 valence electrons. The Labute approximate surface area is 195 Å². The maximum Gasteiger partial charge on any atom is 0.253 e. The number of benzene rings is 2. The predicted octanol–water partition coefficient (Wildman–Crippen LogP) is 3.82. The van der Waals surface area contributed by atoms with Crippen molar-refractivity contribution >= 4 is 33.9 Å². The highest BCUT2D eigenvalue weighted by Crippen LogP contribution is 2.33. The van der Waals surface area contributed by atoms with Crippen molar-refractivity contribution in [1.82, 2.24) is 9.88 Å². The number of anilines is 1. The molecule has 0 aliphatic carbocycles. The SMILES string of the molecule is O=c1[nH]c2cc3c(cc2cc1CN(C[C@@H]1CCCO1)C(=S)Nc1ccc(F)cc1)OCCO3. The van der Waals surface area contributed by atoms with Crippen LogP contribution >= 0.6 is 12.2 Å². The molecular weight excluding hydrogens is 445 g/mol. The topological polar surface area (TPSA) is 75.8 Å². The Bertz CT molecular complexity index is 1220. The summed E-state index contributed by atoms with van der Waals surface area (Å²) in [6.07, 6.45) is 1.98. The van der Waals surface area contributed by atoms with Crippen LogP contribution in [0.15, 0.2) is 47.3 Å². The maximum atomic E-state index is 13.3. The zero-order valence-corrected chi connectivity index (χ0v) is 18.8. The monoisotopic (exact) mass is 469 g/mol. The first-order chi connectivity index (χ1) is 16.0. The van der Waals surface area contributed by atoms with Gasteiger partial charge in [0.1, 0.15) is 19.0 Å². The number of hydrogen-bond donors (Lipinski definition) is 2. The molecule has 1 saturated heterocycles. The quantitative estimate of drug-likeness (QED) is 0.551. The molecule has 0 unspecified atom stereocenters. The lowest BCUT2D eigenvalue weighted by atomic mass is 10.1. The van der Waals surface area contributed by atoms with Crippen LogP contribution in [0.3, 0.4) is 0 Å². The van der Waals surface area contributed by atoms with Gasteiger partial charge >= 0.3 is 0 Å². The molecule has 0 spiro atoms. The van der Waals surface area contributed by atoms with Crippen molar-refractivity contribution in [2.24, 2.45) is 0 Å². The van der Waals surface area contributed by atoms with Crippen LogP contribution < -0.4 is 20.3 Å². The lowest BCUT2D eigenvalue weighted by Crippen LogP contribution is -2.40. The Hall–Kier alpha value is -3.17. The molecule has 0 amide bonds. The van der Waals surface area contributed by atoms with Gasteiger partial charge in [0.25, 0.3) is 5.56 Å². The summed E-state index contributed by atoms with van der Waals surface area (Å²) in [4.78, 5) is 17.8. The predicted molar refractivity (Wildman–Crippen MR) is 128 cm³/mol. The molecule has 3 aromatic rings. The second-order valence-electron chi connectivity index (χ2n) is 8.16. The van der Waals surface area contributed by atoms with Gasteiger partial charge in [-0.05, 0) is 61.5 Å². The Balaban J connectivity index is 1.42. The molecule has 7 nitrogen and oxygen atoms in total. The van der Waals surface area contributed by atoms with Gasteiger partial charge in [0.2, 0.25) is 0 Å². The number of aromatic nitrogens is 1. The average Bonchev–Trinajstić information content (AvgIpc) is 3.32. The first kappa shape index (κ1) is 21.7. The minimum atomic E-state index is -0.318. The third-order valence-corrected chi connectivity index (χ3v) is 6.14. The molecule has 0 bridgehead atoms. The number of rotatable bonds is 5. The summed E-state index contributed by atoms with van der Waals surface area (Å²) in [5.74, 6) is 0.972. The number of pyridine rings is 1. The van der Waals surface area contributed by atoms with Gasteiger partial charge in [-0.1, -0.05) is 0 Å². The van der Waals surface area contributed by atoms with Crippen LogP contribution in [0, 0.1) is 5.82 Å². The standard InChI is InChI=1S/C24H24FN3O4S/c25-17-3-5-18(6-4-17)26-24(33)28(14-19-2-1-7-30-19)13-16-10-15-11-21-22(32-9-8-31-21)12-20(15)27-23(16)29/h3-6,10-12,19H,1-2,7-9,13-14H2,(H,26,33)(H,27,29)/t19-/m0/s1. The first-order valence-electron chi connectivity index (χ1n) is 10.9. The number of thiocarbonyl (C=S) groups is 1. The van der Waals surface area contributed by atoms with Crippen LogP contribution in [0.1, 0.15) is 18.4 Å². The second-order valence-corrected chi connectivity index (χ2v) is 8.55. The number of hydrogen-bond acceptors (Lipinski definition) is 5. The van der Waals surface area contributed by atoms with Crippen molar-refractivity contribution in [2.45, 2.75) is 25.5 Å². The minimum absolute atomic E-state index is 0.0371. The minimum Gasteiger partial charge on any atom is -0.486 e. The molecule has 2 aromatic carbocycles. The summed E-state index contributed by atoms with van der Waals surface area (Å²) in [6, 6.07) is 11.5. The summed E-state index contributed by atoms with van der Waals surface area (Å²) < 4.78 is 30.4. The van der Waals surface area contributed by atoms with E-state index in [1.54, 1.807) is 18.2 Å². The Kier molecular flexibility index (Phi) is 6.15. The van der Waals surface area contributed by atoms with Crippen molar-refractivity contribution in [3.8, 4) is 11.5 Å². The van der Waals surface area contributed by atoms with Crippen molar-refractivity contribution in [1.29, 1.82) is 0 Å². The van der Waals surface area contributed by atoms with Crippen LogP contribution in [-0.2, 0) is 11.3 Å². The molecule has 1 aromatic heterocycles. The van der Waals surface area contributed by atoms with Gasteiger partial charge in [-0.2, -0.15) is 0 Å². The van der Waals surface area contributed by atoms with Crippen molar-refractivity contribution < 1.29 is 18.6 Å². The van der Waals surface area contributed by atoms with Crippen LogP contribution in [0.5, 0.6) is 11.5 Å². The number of ether oxygens (including phenoxy) is 3. The molecule has 2 aliphatic heterocycles. The van der Waals surface area contributed by atoms with Gasteiger partial charge in [0.05, 0.1) is 18.2 Å². The van der Waals surface area contributed by atoms with Gasteiger partial charge in [-0.3, -0.25) is 4.79 Å². The van der Waals surface area contributed by atoms with Crippen LogP contribution in [-0.4, -0.2) is 47.5 Å². The van der Waals surface area contributed by atoms with Crippen molar-refractivity contribution in [3.63, 3.8) is 0 Å². The fraction of sp³-hybridized carbons (Fsp3) is 0.333. The molecule has 2 aliphatic rings. The number of fused-ring (bicyclic) bond motifs is 2. The van der Waals surface area contributed by atoms with E-state index in [2.05, 4.69) is 10.3 Å². The van der Waals surface area contributed by atoms with E-state index in [0.717, 1.165) is 24.8 Å². The van der Waals surface area contributed by atoms with E-state index in [0.29, 0.717) is 59.7 Å². The number of nitrogens with zero attached hydrogens (tertiary/aromatic N) is 1. The maximum absolute atomic E-state index is 13.3. The Morgan fingerprint density at radius 2 is 1.88 bits per heavy atom. The first-order valence-corrected chi connectivity index (χ1v) is 11.3. The third-order valence-electron chi connectivity index (χ3n) is 5.78. The summed E-state index contributed by atoms with van der Waals surface area (Å²) in [5, 5.41) is 4.44. The molecule has 5 rings (SSSR count). The number of nitrogens with one attached hydrogen (secondary N) is 2. The van der Waals surface area contributed by atoms with Crippen LogP contribution in [0.4, 0.5) is 10.1 Å². The second kappa shape index (κ2) is 9.36. The molecule has 0 saturated carbocycles. The Morgan fingerprint density at radius 3 is 2.61 bits per heavy atom. The van der Waals surface area contributed by atoms with Crippen molar-refractivity contribution in [2.75, 3.05) is 31.7 Å². The summed E-state index contributed by atoms with van der Waals surface area (Å²) >= 11 is 5.66. The molecule has 9 heteroatoms. The normalized spacial score (nSPS) is 17.2. The van der Waals surface area contributed by atoms with Gasteiger partial charge in [-0.15, -0.1) is 0 Å². The fourth-order valence-electron chi connectivity index (χ4n) is 4.10. The van der Waals surface area contributed by atoms with Crippen LogP contribution in [0.25, 0.3) is 10.9 Å². The highest BCUT2D eigenvalue weighted by molar-refractivity contribution is 7.80. The molecular formula is C24H24FN3O4S.